The number of benzene rings is 3. The van der Waals surface area contributed by atoms with Crippen LogP contribution in [0.15, 0.2) is 66.7 Å². The summed E-state index contributed by atoms with van der Waals surface area (Å²) in [6, 6.07) is 22.1. The molecule has 0 unspecified atom stereocenters. The molecule has 3 rings (SSSR count). The van der Waals surface area contributed by atoms with E-state index in [2.05, 4.69) is 17.6 Å². The molecule has 0 radical (unpaired) electrons. The zero-order valence-electron chi connectivity index (χ0n) is 19.0. The fourth-order valence-electron chi connectivity index (χ4n) is 3.60. The van der Waals surface area contributed by atoms with Gasteiger partial charge < -0.3 is 20.5 Å². The molecule has 1 amide bonds. The number of ether oxygens (including phenoxy) is 1. The molecule has 32 heavy (non-hydrogen) atoms. The minimum Gasteiger partial charge on any atom is -0.490 e. The molecule has 3 aromatic rings. The van der Waals surface area contributed by atoms with Gasteiger partial charge in [0.05, 0.1) is 0 Å². The van der Waals surface area contributed by atoms with Gasteiger partial charge in [-0.3, -0.25) is 4.79 Å². The molecule has 0 saturated carbocycles. The number of rotatable bonds is 12. The van der Waals surface area contributed by atoms with E-state index >= 15 is 0 Å². The number of hydrogen-bond acceptors (Lipinski definition) is 4. The molecular formula is C27H34N2O3. The summed E-state index contributed by atoms with van der Waals surface area (Å²) in [7, 11) is 0. The predicted molar refractivity (Wildman–Crippen MR) is 131 cm³/mol. The van der Waals surface area contributed by atoms with Crippen molar-refractivity contribution in [1.82, 2.24) is 5.32 Å². The lowest BCUT2D eigenvalue weighted by Gasteiger charge is -2.18. The Kier molecular flexibility index (Phi) is 9.08. The Morgan fingerprint density at radius 1 is 1.00 bits per heavy atom. The summed E-state index contributed by atoms with van der Waals surface area (Å²) in [5, 5.41) is 18.8. The first-order valence-electron chi connectivity index (χ1n) is 11.4. The van der Waals surface area contributed by atoms with E-state index in [1.54, 1.807) is 0 Å². The van der Waals surface area contributed by atoms with E-state index in [4.69, 9.17) is 4.74 Å². The first-order valence-corrected chi connectivity index (χ1v) is 11.4. The molecule has 3 N–H and O–H groups in total. The maximum absolute atomic E-state index is 12.1. The SMILES string of the molecule is Cc1ccc(NC(=O)CCCC[C@H](C)NC[C@@H](O)COc2cccc3ccccc23)cc1. The number of fused-ring (bicyclic) bond motifs is 1. The lowest BCUT2D eigenvalue weighted by Crippen LogP contribution is -2.36. The predicted octanol–water partition coefficient (Wildman–Crippen LogP) is 5.07. The van der Waals surface area contributed by atoms with E-state index in [1.165, 1.54) is 5.56 Å². The van der Waals surface area contributed by atoms with Crippen LogP contribution in [0.1, 0.15) is 38.2 Å². The molecular weight excluding hydrogens is 400 g/mol. The molecule has 0 aliphatic carbocycles. The molecule has 2 atom stereocenters. The molecule has 0 spiro atoms. The maximum Gasteiger partial charge on any atom is 0.224 e. The van der Waals surface area contributed by atoms with Gasteiger partial charge in [0.1, 0.15) is 18.5 Å². The van der Waals surface area contributed by atoms with E-state index in [-0.39, 0.29) is 18.6 Å². The van der Waals surface area contributed by atoms with Crippen molar-refractivity contribution >= 4 is 22.4 Å². The van der Waals surface area contributed by atoms with E-state index in [0.29, 0.717) is 13.0 Å². The average molecular weight is 435 g/mol. The van der Waals surface area contributed by atoms with Crippen LogP contribution < -0.4 is 15.4 Å². The summed E-state index contributed by atoms with van der Waals surface area (Å²) in [6.45, 7) is 4.84. The highest BCUT2D eigenvalue weighted by molar-refractivity contribution is 5.90. The van der Waals surface area contributed by atoms with Crippen LogP contribution in [0.2, 0.25) is 0 Å². The van der Waals surface area contributed by atoms with Crippen LogP contribution >= 0.6 is 0 Å². The van der Waals surface area contributed by atoms with Crippen molar-refractivity contribution in [3.8, 4) is 5.75 Å². The van der Waals surface area contributed by atoms with Gasteiger partial charge in [-0.25, -0.2) is 0 Å². The number of anilines is 1. The highest BCUT2D eigenvalue weighted by Gasteiger charge is 2.10. The first kappa shape index (κ1) is 23.8. The van der Waals surface area contributed by atoms with Crippen LogP contribution in [0.4, 0.5) is 5.69 Å². The summed E-state index contributed by atoms with van der Waals surface area (Å²) >= 11 is 0. The molecule has 0 aliphatic rings. The van der Waals surface area contributed by atoms with Crippen LogP contribution in [0.5, 0.6) is 5.75 Å². The van der Waals surface area contributed by atoms with E-state index in [1.807, 2.05) is 73.7 Å². The van der Waals surface area contributed by atoms with Gasteiger partial charge in [-0.1, -0.05) is 60.5 Å². The van der Waals surface area contributed by atoms with Crippen molar-refractivity contribution in [2.24, 2.45) is 0 Å². The molecule has 0 saturated heterocycles. The second-order valence-electron chi connectivity index (χ2n) is 8.41. The highest BCUT2D eigenvalue weighted by Crippen LogP contribution is 2.25. The zero-order valence-corrected chi connectivity index (χ0v) is 19.0. The van der Waals surface area contributed by atoms with Crippen molar-refractivity contribution in [3.05, 3.63) is 72.3 Å². The number of unbranched alkanes of at least 4 members (excludes halogenated alkanes) is 1. The normalized spacial score (nSPS) is 13.0. The van der Waals surface area contributed by atoms with Gasteiger partial charge in [0, 0.05) is 30.1 Å². The van der Waals surface area contributed by atoms with Crippen molar-refractivity contribution in [1.29, 1.82) is 0 Å². The molecule has 5 heteroatoms. The Bertz CT molecular complexity index is 982. The van der Waals surface area contributed by atoms with Gasteiger partial charge in [0.25, 0.3) is 0 Å². The van der Waals surface area contributed by atoms with Gasteiger partial charge in [-0.05, 0) is 50.3 Å². The van der Waals surface area contributed by atoms with Crippen LogP contribution in [0.25, 0.3) is 10.8 Å². The molecule has 170 valence electrons. The Balaban J connectivity index is 1.28. The Morgan fingerprint density at radius 2 is 1.75 bits per heavy atom. The Morgan fingerprint density at radius 3 is 2.56 bits per heavy atom. The smallest absolute Gasteiger partial charge is 0.224 e. The summed E-state index contributed by atoms with van der Waals surface area (Å²) in [5.41, 5.74) is 2.02. The Labute approximate surface area is 190 Å². The number of carbonyl (C=O) groups excluding carboxylic acids is 1. The van der Waals surface area contributed by atoms with E-state index < -0.39 is 6.10 Å². The van der Waals surface area contributed by atoms with Crippen LogP contribution in [-0.4, -0.2) is 36.3 Å². The molecule has 0 fully saturated rings. The molecule has 0 bridgehead atoms. The third-order valence-electron chi connectivity index (χ3n) is 5.51. The molecule has 5 nitrogen and oxygen atoms in total. The first-order chi connectivity index (χ1) is 15.5. The van der Waals surface area contributed by atoms with Crippen molar-refractivity contribution < 1.29 is 14.6 Å². The number of aliphatic hydroxyl groups excluding tert-OH is 1. The number of amides is 1. The van der Waals surface area contributed by atoms with Crippen LogP contribution in [0, 0.1) is 6.92 Å². The fraction of sp³-hybridized carbons (Fsp3) is 0.370. The lowest BCUT2D eigenvalue weighted by molar-refractivity contribution is -0.116. The quantitative estimate of drug-likeness (QED) is 0.348. The second-order valence-corrected chi connectivity index (χ2v) is 8.41. The van der Waals surface area contributed by atoms with Gasteiger partial charge >= 0.3 is 0 Å². The standard InChI is InChI=1S/C27H34N2O3/c1-20-14-16-23(17-15-20)29-27(31)13-6-3-8-21(2)28-18-24(30)19-32-26-12-7-10-22-9-4-5-11-25(22)26/h4-5,7,9-12,14-17,21,24,28,30H,3,6,8,13,18-19H2,1-2H3,(H,29,31)/t21-,24+/m0/s1. The number of hydrogen-bond donors (Lipinski definition) is 3. The van der Waals surface area contributed by atoms with Gasteiger partial charge in [0.2, 0.25) is 5.91 Å². The van der Waals surface area contributed by atoms with Crippen molar-refractivity contribution in [2.45, 2.75) is 51.7 Å². The van der Waals surface area contributed by atoms with E-state index in [0.717, 1.165) is 41.5 Å². The molecule has 0 aliphatic heterocycles. The highest BCUT2D eigenvalue weighted by atomic mass is 16.5. The number of aliphatic hydroxyl groups is 1. The van der Waals surface area contributed by atoms with Crippen LogP contribution in [-0.2, 0) is 4.79 Å². The fourth-order valence-corrected chi connectivity index (χ4v) is 3.60. The second kappa shape index (κ2) is 12.2. The average Bonchev–Trinajstić information content (AvgIpc) is 2.80. The molecule has 0 aromatic heterocycles. The van der Waals surface area contributed by atoms with Gasteiger partial charge in [-0.15, -0.1) is 0 Å². The number of nitrogens with one attached hydrogen (secondary N) is 2. The maximum atomic E-state index is 12.1. The van der Waals surface area contributed by atoms with Crippen LogP contribution in [0.3, 0.4) is 0 Å². The zero-order chi connectivity index (χ0) is 22.8. The minimum atomic E-state index is -0.586. The van der Waals surface area contributed by atoms with Gasteiger partial charge in [0.15, 0.2) is 0 Å². The summed E-state index contributed by atoms with van der Waals surface area (Å²) in [6.07, 6.45) is 2.68. The lowest BCUT2D eigenvalue weighted by atomic mass is 10.1. The Hall–Kier alpha value is -2.89. The third kappa shape index (κ3) is 7.66. The summed E-state index contributed by atoms with van der Waals surface area (Å²) < 4.78 is 5.86. The summed E-state index contributed by atoms with van der Waals surface area (Å²) in [5.74, 6) is 0.842. The van der Waals surface area contributed by atoms with Gasteiger partial charge in [-0.2, -0.15) is 0 Å². The summed E-state index contributed by atoms with van der Waals surface area (Å²) in [4.78, 5) is 12.1. The topological polar surface area (TPSA) is 70.6 Å². The number of carbonyl (C=O) groups is 1. The monoisotopic (exact) mass is 434 g/mol. The van der Waals surface area contributed by atoms with E-state index in [9.17, 15) is 9.90 Å². The van der Waals surface area contributed by atoms with Crippen molar-refractivity contribution in [2.75, 3.05) is 18.5 Å². The number of aryl methyl sites for hydroxylation is 1. The largest absolute Gasteiger partial charge is 0.490 e. The minimum absolute atomic E-state index is 0.0514. The van der Waals surface area contributed by atoms with Crippen molar-refractivity contribution in [3.63, 3.8) is 0 Å². The molecule has 0 heterocycles. The molecule has 3 aromatic carbocycles. The third-order valence-corrected chi connectivity index (χ3v) is 5.51.